The van der Waals surface area contributed by atoms with Gasteiger partial charge in [0.2, 0.25) is 0 Å². The van der Waals surface area contributed by atoms with Crippen LogP contribution in [0.2, 0.25) is 0 Å². The Bertz CT molecular complexity index is 515. The van der Waals surface area contributed by atoms with Crippen LogP contribution in [0.5, 0.6) is 0 Å². The molecule has 1 aromatic carbocycles. The molecule has 0 atom stereocenters. The van der Waals surface area contributed by atoms with E-state index in [0.29, 0.717) is 0 Å². The maximum absolute atomic E-state index is 13.9. The molecule has 0 amide bonds. The van der Waals surface area contributed by atoms with E-state index in [1.165, 1.54) is 0 Å². The van der Waals surface area contributed by atoms with Crippen LogP contribution in [0, 0.1) is 5.82 Å². The quantitative estimate of drug-likeness (QED) is 0.856. The standard InChI is InChI=1S/C14H17FO4/c1-5-19-13(18)8-6-7-9(15)11(14(2,3)4)10(8)12(16)17/h6-7H,5H2,1-4H3,(H,16,17). The van der Waals surface area contributed by atoms with E-state index < -0.39 is 23.2 Å². The summed E-state index contributed by atoms with van der Waals surface area (Å²) in [6.45, 7) is 6.80. The molecule has 0 aliphatic heterocycles. The van der Waals surface area contributed by atoms with Gasteiger partial charge in [-0.3, -0.25) is 0 Å². The number of carbonyl (C=O) groups is 2. The van der Waals surface area contributed by atoms with Gasteiger partial charge in [-0.05, 0) is 24.5 Å². The molecule has 0 fully saturated rings. The van der Waals surface area contributed by atoms with Crippen LogP contribution >= 0.6 is 0 Å². The van der Waals surface area contributed by atoms with Gasteiger partial charge in [-0.15, -0.1) is 0 Å². The largest absolute Gasteiger partial charge is 0.478 e. The molecule has 0 saturated carbocycles. The van der Waals surface area contributed by atoms with Gasteiger partial charge in [-0.1, -0.05) is 20.8 Å². The summed E-state index contributed by atoms with van der Waals surface area (Å²) in [5.74, 6) is -2.74. The number of benzene rings is 1. The molecule has 1 rings (SSSR count). The number of esters is 1. The lowest BCUT2D eigenvalue weighted by Gasteiger charge is -2.23. The molecule has 5 heteroatoms. The number of carbonyl (C=O) groups excluding carboxylic acids is 1. The average Bonchev–Trinajstić information content (AvgIpc) is 2.26. The second-order valence-electron chi connectivity index (χ2n) is 5.12. The van der Waals surface area contributed by atoms with E-state index in [4.69, 9.17) is 4.74 Å². The first-order valence-corrected chi connectivity index (χ1v) is 5.93. The van der Waals surface area contributed by atoms with E-state index in [1.54, 1.807) is 27.7 Å². The fourth-order valence-electron chi connectivity index (χ4n) is 1.91. The topological polar surface area (TPSA) is 63.6 Å². The van der Waals surface area contributed by atoms with Crippen molar-refractivity contribution in [2.45, 2.75) is 33.1 Å². The Morgan fingerprint density at radius 1 is 1.32 bits per heavy atom. The molecular weight excluding hydrogens is 251 g/mol. The molecule has 0 aliphatic carbocycles. The number of hydrogen-bond acceptors (Lipinski definition) is 3. The van der Waals surface area contributed by atoms with Gasteiger partial charge < -0.3 is 9.84 Å². The zero-order valence-corrected chi connectivity index (χ0v) is 11.4. The highest BCUT2D eigenvalue weighted by Crippen LogP contribution is 2.31. The molecule has 0 saturated heterocycles. The third-order valence-electron chi connectivity index (χ3n) is 2.61. The second kappa shape index (κ2) is 5.38. The molecule has 4 nitrogen and oxygen atoms in total. The van der Waals surface area contributed by atoms with Crippen molar-refractivity contribution < 1.29 is 23.8 Å². The molecule has 0 heterocycles. The molecule has 0 aliphatic rings. The highest BCUT2D eigenvalue weighted by Gasteiger charge is 2.30. The maximum Gasteiger partial charge on any atom is 0.339 e. The zero-order chi connectivity index (χ0) is 14.8. The van der Waals surface area contributed by atoms with Crippen molar-refractivity contribution in [1.29, 1.82) is 0 Å². The Morgan fingerprint density at radius 3 is 2.32 bits per heavy atom. The summed E-state index contributed by atoms with van der Waals surface area (Å²) >= 11 is 0. The van der Waals surface area contributed by atoms with Crippen LogP contribution in [-0.2, 0) is 10.2 Å². The van der Waals surface area contributed by atoms with Crippen LogP contribution in [0.3, 0.4) is 0 Å². The molecule has 0 unspecified atom stereocenters. The number of aromatic carboxylic acids is 1. The van der Waals surface area contributed by atoms with Gasteiger partial charge in [0.15, 0.2) is 0 Å². The number of ether oxygens (including phenoxy) is 1. The van der Waals surface area contributed by atoms with Gasteiger partial charge in [-0.2, -0.15) is 0 Å². The highest BCUT2D eigenvalue weighted by molar-refractivity contribution is 6.03. The lowest BCUT2D eigenvalue weighted by atomic mass is 9.81. The van der Waals surface area contributed by atoms with Crippen molar-refractivity contribution in [3.8, 4) is 0 Å². The third-order valence-corrected chi connectivity index (χ3v) is 2.61. The summed E-state index contributed by atoms with van der Waals surface area (Å²) in [5.41, 5.74) is -1.18. The summed E-state index contributed by atoms with van der Waals surface area (Å²) in [6, 6.07) is 2.24. The van der Waals surface area contributed by atoms with Crippen molar-refractivity contribution in [1.82, 2.24) is 0 Å². The number of rotatable bonds is 3. The van der Waals surface area contributed by atoms with Gasteiger partial charge in [0.05, 0.1) is 17.7 Å². The summed E-state index contributed by atoms with van der Waals surface area (Å²) in [5, 5.41) is 9.28. The lowest BCUT2D eigenvalue weighted by Crippen LogP contribution is -2.23. The molecule has 0 bridgehead atoms. The number of carboxylic acids is 1. The normalized spacial score (nSPS) is 11.2. The Balaban J connectivity index is 3.60. The Hall–Kier alpha value is -1.91. The summed E-state index contributed by atoms with van der Waals surface area (Å²) < 4.78 is 18.7. The number of hydrogen-bond donors (Lipinski definition) is 1. The summed E-state index contributed by atoms with van der Waals surface area (Å²) in [6.07, 6.45) is 0. The SMILES string of the molecule is CCOC(=O)c1ccc(F)c(C(C)(C)C)c1C(=O)O. The van der Waals surface area contributed by atoms with E-state index in [9.17, 15) is 19.1 Å². The minimum atomic E-state index is -1.34. The van der Waals surface area contributed by atoms with Crippen LogP contribution in [0.25, 0.3) is 0 Å². The Labute approximate surface area is 111 Å². The lowest BCUT2D eigenvalue weighted by molar-refractivity contribution is 0.0513. The molecule has 0 aromatic heterocycles. The average molecular weight is 268 g/mol. The van der Waals surface area contributed by atoms with Crippen LogP contribution in [0.1, 0.15) is 54.0 Å². The fraction of sp³-hybridized carbons (Fsp3) is 0.429. The van der Waals surface area contributed by atoms with Crippen LogP contribution < -0.4 is 0 Å². The van der Waals surface area contributed by atoms with Crippen molar-refractivity contribution in [2.24, 2.45) is 0 Å². The first-order chi connectivity index (χ1) is 8.70. The van der Waals surface area contributed by atoms with Crippen LogP contribution in [0.15, 0.2) is 12.1 Å². The zero-order valence-electron chi connectivity index (χ0n) is 11.4. The first kappa shape index (κ1) is 15.1. The Kier molecular flexibility index (Phi) is 4.29. The fourth-order valence-corrected chi connectivity index (χ4v) is 1.91. The second-order valence-corrected chi connectivity index (χ2v) is 5.12. The predicted molar refractivity (Wildman–Crippen MR) is 68.0 cm³/mol. The summed E-state index contributed by atoms with van der Waals surface area (Å²) in [7, 11) is 0. The van der Waals surface area contributed by atoms with Gasteiger partial charge in [0, 0.05) is 5.56 Å². The molecule has 19 heavy (non-hydrogen) atoms. The van der Waals surface area contributed by atoms with Gasteiger partial charge >= 0.3 is 11.9 Å². The van der Waals surface area contributed by atoms with E-state index >= 15 is 0 Å². The molecule has 0 spiro atoms. The predicted octanol–water partition coefficient (Wildman–Crippen LogP) is 3.00. The monoisotopic (exact) mass is 268 g/mol. The minimum Gasteiger partial charge on any atom is -0.478 e. The first-order valence-electron chi connectivity index (χ1n) is 5.93. The number of halogens is 1. The van der Waals surface area contributed by atoms with Gasteiger partial charge in [-0.25, -0.2) is 14.0 Å². The van der Waals surface area contributed by atoms with Crippen molar-refractivity contribution >= 4 is 11.9 Å². The van der Waals surface area contributed by atoms with Crippen molar-refractivity contribution in [3.05, 3.63) is 34.6 Å². The van der Waals surface area contributed by atoms with E-state index in [1.807, 2.05) is 0 Å². The Morgan fingerprint density at radius 2 is 1.89 bits per heavy atom. The van der Waals surface area contributed by atoms with E-state index in [-0.39, 0.29) is 23.3 Å². The van der Waals surface area contributed by atoms with Gasteiger partial charge in [0.25, 0.3) is 0 Å². The molecule has 0 radical (unpaired) electrons. The van der Waals surface area contributed by atoms with Crippen molar-refractivity contribution in [3.63, 3.8) is 0 Å². The summed E-state index contributed by atoms with van der Waals surface area (Å²) in [4.78, 5) is 23.1. The molecule has 1 N–H and O–H groups in total. The maximum atomic E-state index is 13.9. The van der Waals surface area contributed by atoms with Crippen molar-refractivity contribution in [2.75, 3.05) is 6.61 Å². The smallest absolute Gasteiger partial charge is 0.339 e. The number of carboxylic acid groups (broad SMARTS) is 1. The van der Waals surface area contributed by atoms with Crippen LogP contribution in [0.4, 0.5) is 4.39 Å². The highest BCUT2D eigenvalue weighted by atomic mass is 19.1. The molecular formula is C14H17FO4. The van der Waals surface area contributed by atoms with E-state index in [2.05, 4.69) is 0 Å². The molecule has 104 valence electrons. The van der Waals surface area contributed by atoms with E-state index in [0.717, 1.165) is 12.1 Å². The third kappa shape index (κ3) is 3.10. The molecule has 1 aromatic rings. The van der Waals surface area contributed by atoms with Crippen LogP contribution in [-0.4, -0.2) is 23.7 Å². The minimum absolute atomic E-state index is 0.00514. The van der Waals surface area contributed by atoms with Gasteiger partial charge in [0.1, 0.15) is 5.82 Å².